The monoisotopic (exact) mass is 710 g/mol. The number of nitrogens with one attached hydrogen (secondary N) is 3. The van der Waals surface area contributed by atoms with Crippen LogP contribution >= 0.6 is 39.0 Å². The number of anilines is 2. The standard InChI is InChI=1S/C36H31BrN4O3S2/c1-3-32(35(44)41-36-40-31(22-45-36)25-16-12-23(2)13-17-25)46-29-11-7-10-28(21-29)38-34(43)30(20-24-14-18-27(37)19-15-24)39-33(42)26-8-5-4-6-9-26/h4-22,32H,3H2,1-2H3,(H,38,43)(H,39,42)(H,40,41,44)/b30-20-. The van der Waals surface area contributed by atoms with Crippen LogP contribution in [0, 0.1) is 6.92 Å². The van der Waals surface area contributed by atoms with Gasteiger partial charge in [0.1, 0.15) is 5.70 Å². The molecule has 3 amide bonds. The number of hydrogen-bond acceptors (Lipinski definition) is 6. The van der Waals surface area contributed by atoms with E-state index in [2.05, 4.69) is 36.9 Å². The van der Waals surface area contributed by atoms with E-state index in [0.717, 1.165) is 26.2 Å². The Balaban J connectivity index is 1.27. The van der Waals surface area contributed by atoms with Crippen molar-refractivity contribution >= 4 is 73.6 Å². The van der Waals surface area contributed by atoms with E-state index in [1.165, 1.54) is 28.7 Å². The summed E-state index contributed by atoms with van der Waals surface area (Å²) in [5.41, 5.74) is 4.79. The first-order chi connectivity index (χ1) is 22.3. The summed E-state index contributed by atoms with van der Waals surface area (Å²) in [5.74, 6) is -1.02. The summed E-state index contributed by atoms with van der Waals surface area (Å²) in [6, 6.07) is 31.5. The van der Waals surface area contributed by atoms with Crippen molar-refractivity contribution in [1.29, 1.82) is 0 Å². The van der Waals surface area contributed by atoms with Crippen LogP contribution in [0.15, 0.2) is 124 Å². The molecule has 1 heterocycles. The van der Waals surface area contributed by atoms with Gasteiger partial charge in [0.25, 0.3) is 11.8 Å². The van der Waals surface area contributed by atoms with Crippen LogP contribution in [0.3, 0.4) is 0 Å². The van der Waals surface area contributed by atoms with Gasteiger partial charge in [-0.25, -0.2) is 4.98 Å². The van der Waals surface area contributed by atoms with E-state index in [1.54, 1.807) is 36.4 Å². The summed E-state index contributed by atoms with van der Waals surface area (Å²) in [5, 5.41) is 10.7. The van der Waals surface area contributed by atoms with E-state index >= 15 is 0 Å². The number of amides is 3. The first-order valence-electron chi connectivity index (χ1n) is 14.5. The average Bonchev–Trinajstić information content (AvgIpc) is 3.53. The van der Waals surface area contributed by atoms with Crippen molar-refractivity contribution in [3.8, 4) is 11.3 Å². The fourth-order valence-electron chi connectivity index (χ4n) is 4.37. The van der Waals surface area contributed by atoms with Gasteiger partial charge in [0.15, 0.2) is 5.13 Å². The number of aromatic nitrogens is 1. The minimum absolute atomic E-state index is 0.0912. The summed E-state index contributed by atoms with van der Waals surface area (Å²) >= 11 is 6.22. The number of halogens is 1. The van der Waals surface area contributed by atoms with Gasteiger partial charge in [-0.3, -0.25) is 14.4 Å². The lowest BCUT2D eigenvalue weighted by molar-refractivity contribution is -0.116. The molecule has 5 rings (SSSR count). The molecule has 232 valence electrons. The molecule has 0 spiro atoms. The normalized spacial score (nSPS) is 11.8. The van der Waals surface area contributed by atoms with E-state index in [-0.39, 0.29) is 16.9 Å². The Labute approximate surface area is 284 Å². The van der Waals surface area contributed by atoms with Crippen molar-refractivity contribution in [3.63, 3.8) is 0 Å². The first-order valence-corrected chi connectivity index (χ1v) is 17.1. The van der Waals surface area contributed by atoms with Gasteiger partial charge < -0.3 is 16.0 Å². The highest BCUT2D eigenvalue weighted by Gasteiger charge is 2.20. The zero-order chi connectivity index (χ0) is 32.5. The maximum Gasteiger partial charge on any atom is 0.272 e. The van der Waals surface area contributed by atoms with Gasteiger partial charge in [-0.15, -0.1) is 23.1 Å². The van der Waals surface area contributed by atoms with Gasteiger partial charge >= 0.3 is 0 Å². The van der Waals surface area contributed by atoms with Gasteiger partial charge in [0, 0.05) is 31.6 Å². The van der Waals surface area contributed by atoms with Crippen LogP contribution < -0.4 is 16.0 Å². The van der Waals surface area contributed by atoms with Crippen LogP contribution in [0.1, 0.15) is 34.8 Å². The second kappa shape index (κ2) is 15.7. The lowest BCUT2D eigenvalue weighted by Crippen LogP contribution is -2.30. The maximum atomic E-state index is 13.5. The molecule has 5 aromatic rings. The second-order valence-electron chi connectivity index (χ2n) is 10.3. The SMILES string of the molecule is CCC(Sc1cccc(NC(=O)/C(=C/c2ccc(Br)cc2)NC(=O)c2ccccc2)c1)C(=O)Nc1nc(-c2ccc(C)cc2)cs1. The topological polar surface area (TPSA) is 100 Å². The van der Waals surface area contributed by atoms with E-state index in [0.29, 0.717) is 22.8 Å². The highest BCUT2D eigenvalue weighted by atomic mass is 79.9. The largest absolute Gasteiger partial charge is 0.321 e. The molecule has 1 unspecified atom stereocenters. The Bertz CT molecular complexity index is 1860. The number of thiazole rings is 1. The summed E-state index contributed by atoms with van der Waals surface area (Å²) in [7, 11) is 0. The predicted octanol–water partition coefficient (Wildman–Crippen LogP) is 8.80. The third-order valence-electron chi connectivity index (χ3n) is 6.82. The molecule has 0 radical (unpaired) electrons. The third-order valence-corrected chi connectivity index (χ3v) is 9.47. The lowest BCUT2D eigenvalue weighted by Gasteiger charge is -2.15. The Kier molecular flexibility index (Phi) is 11.2. The number of nitrogens with zero attached hydrogens (tertiary/aromatic N) is 1. The molecule has 0 aliphatic heterocycles. The van der Waals surface area contributed by atoms with Crippen LogP contribution in [-0.4, -0.2) is 28.0 Å². The van der Waals surface area contributed by atoms with Crippen LogP contribution in [0.2, 0.25) is 0 Å². The van der Waals surface area contributed by atoms with E-state index in [9.17, 15) is 14.4 Å². The highest BCUT2D eigenvalue weighted by Crippen LogP contribution is 2.30. The van der Waals surface area contributed by atoms with Gasteiger partial charge in [-0.2, -0.15) is 0 Å². The third kappa shape index (κ3) is 9.03. The van der Waals surface area contributed by atoms with Crippen molar-refractivity contribution < 1.29 is 14.4 Å². The Morgan fingerprint density at radius 1 is 0.913 bits per heavy atom. The molecule has 7 nitrogen and oxygen atoms in total. The number of aryl methyl sites for hydroxylation is 1. The molecule has 0 aliphatic carbocycles. The molecule has 0 fully saturated rings. The van der Waals surface area contributed by atoms with Crippen LogP contribution in [0.25, 0.3) is 17.3 Å². The summed E-state index contributed by atoms with van der Waals surface area (Å²) in [6.45, 7) is 3.99. The Hall–Kier alpha value is -4.51. The molecule has 0 saturated carbocycles. The number of hydrogen-bond donors (Lipinski definition) is 3. The minimum Gasteiger partial charge on any atom is -0.321 e. The second-order valence-corrected chi connectivity index (χ2v) is 13.4. The molecular weight excluding hydrogens is 680 g/mol. The number of carbonyl (C=O) groups is 3. The van der Waals surface area contributed by atoms with Crippen LogP contribution in [0.4, 0.5) is 10.8 Å². The Morgan fingerprint density at radius 3 is 2.37 bits per heavy atom. The lowest BCUT2D eigenvalue weighted by atomic mass is 10.1. The smallest absolute Gasteiger partial charge is 0.272 e. The number of rotatable bonds is 11. The van der Waals surface area contributed by atoms with Crippen molar-refractivity contribution in [3.05, 3.63) is 135 Å². The summed E-state index contributed by atoms with van der Waals surface area (Å²) in [4.78, 5) is 45.1. The molecule has 3 N–H and O–H groups in total. The maximum absolute atomic E-state index is 13.5. The molecule has 4 aromatic carbocycles. The van der Waals surface area contributed by atoms with E-state index in [4.69, 9.17) is 0 Å². The molecule has 1 atom stereocenters. The fraction of sp³-hybridized carbons (Fsp3) is 0.111. The summed E-state index contributed by atoms with van der Waals surface area (Å²) in [6.07, 6.45) is 2.22. The quantitative estimate of drug-likeness (QED) is 0.0940. The van der Waals surface area contributed by atoms with Gasteiger partial charge in [-0.05, 0) is 67.4 Å². The van der Waals surface area contributed by atoms with Crippen molar-refractivity contribution in [2.75, 3.05) is 10.6 Å². The van der Waals surface area contributed by atoms with E-state index in [1.807, 2.05) is 92.0 Å². The minimum atomic E-state index is -0.479. The van der Waals surface area contributed by atoms with E-state index < -0.39 is 11.8 Å². The number of thioether (sulfide) groups is 1. The zero-order valence-electron chi connectivity index (χ0n) is 25.1. The number of benzene rings is 4. The average molecular weight is 712 g/mol. The van der Waals surface area contributed by atoms with Crippen molar-refractivity contribution in [2.45, 2.75) is 30.4 Å². The Morgan fingerprint density at radius 2 is 1.65 bits per heavy atom. The molecule has 0 saturated heterocycles. The molecule has 1 aromatic heterocycles. The summed E-state index contributed by atoms with van der Waals surface area (Å²) < 4.78 is 0.899. The number of carbonyl (C=O) groups excluding carboxylic acids is 3. The van der Waals surface area contributed by atoms with Crippen LogP contribution in [0.5, 0.6) is 0 Å². The zero-order valence-corrected chi connectivity index (χ0v) is 28.3. The molecule has 10 heteroatoms. The highest BCUT2D eigenvalue weighted by molar-refractivity contribution is 9.10. The molecule has 0 aliphatic rings. The van der Waals surface area contributed by atoms with Gasteiger partial charge in [-0.1, -0.05) is 89.1 Å². The van der Waals surface area contributed by atoms with Gasteiger partial charge in [0.05, 0.1) is 10.9 Å². The molecular formula is C36H31BrN4O3S2. The van der Waals surface area contributed by atoms with Crippen molar-refractivity contribution in [2.24, 2.45) is 0 Å². The van der Waals surface area contributed by atoms with Gasteiger partial charge in [0.2, 0.25) is 5.91 Å². The first kappa shape index (κ1) is 32.9. The fourth-order valence-corrected chi connectivity index (χ4v) is 6.37. The molecule has 0 bridgehead atoms. The molecule has 46 heavy (non-hydrogen) atoms. The van der Waals surface area contributed by atoms with Crippen LogP contribution in [-0.2, 0) is 9.59 Å². The van der Waals surface area contributed by atoms with Crippen molar-refractivity contribution in [1.82, 2.24) is 10.3 Å². The predicted molar refractivity (Wildman–Crippen MR) is 192 cm³/mol.